The van der Waals surface area contributed by atoms with E-state index < -0.39 is 0 Å². The summed E-state index contributed by atoms with van der Waals surface area (Å²) in [6.45, 7) is 0. The Kier molecular flexibility index (Phi) is 3.42. The molecule has 0 bridgehead atoms. The molecule has 1 fully saturated rings. The van der Waals surface area contributed by atoms with Gasteiger partial charge in [-0.15, -0.1) is 0 Å². The van der Waals surface area contributed by atoms with E-state index in [1.165, 1.54) is 12.8 Å². The molecule has 2 rings (SSSR count). The van der Waals surface area contributed by atoms with E-state index in [-0.39, 0.29) is 11.2 Å². The van der Waals surface area contributed by atoms with Crippen molar-refractivity contribution in [2.45, 2.75) is 31.6 Å². The van der Waals surface area contributed by atoms with Crippen molar-refractivity contribution in [2.75, 3.05) is 0 Å². The van der Waals surface area contributed by atoms with E-state index in [0.717, 1.165) is 18.4 Å². The lowest BCUT2D eigenvalue weighted by Gasteiger charge is -2.19. The lowest BCUT2D eigenvalue weighted by atomic mass is 9.86. The lowest BCUT2D eigenvalue weighted by Crippen LogP contribution is -2.15. The van der Waals surface area contributed by atoms with Crippen LogP contribution in [0.3, 0.4) is 0 Å². The molecule has 0 aliphatic heterocycles. The average Bonchev–Trinajstić information content (AvgIpc) is 2.72. The standard InChI is InChI=1S/C13H15ClO/c14-13(15)12(11-8-4-5-9-11)10-6-2-1-3-7-10/h1-3,6-7,11-12H,4-5,8-9H2. The van der Waals surface area contributed by atoms with Crippen LogP contribution in [0.15, 0.2) is 30.3 Å². The van der Waals surface area contributed by atoms with Crippen molar-refractivity contribution in [3.63, 3.8) is 0 Å². The van der Waals surface area contributed by atoms with E-state index >= 15 is 0 Å². The molecule has 1 saturated carbocycles. The minimum absolute atomic E-state index is 0.0876. The summed E-state index contributed by atoms with van der Waals surface area (Å²) in [5, 5.41) is -0.201. The highest BCUT2D eigenvalue weighted by atomic mass is 35.5. The van der Waals surface area contributed by atoms with Crippen LogP contribution in [0, 0.1) is 5.92 Å². The second-order valence-electron chi connectivity index (χ2n) is 4.24. The fraction of sp³-hybridized carbons (Fsp3) is 0.462. The van der Waals surface area contributed by atoms with Gasteiger partial charge < -0.3 is 0 Å². The third kappa shape index (κ3) is 2.40. The van der Waals surface area contributed by atoms with Gasteiger partial charge in [0.15, 0.2) is 0 Å². The Labute approximate surface area is 95.4 Å². The summed E-state index contributed by atoms with van der Waals surface area (Å²) in [6, 6.07) is 9.91. The molecule has 1 aliphatic rings. The summed E-state index contributed by atoms with van der Waals surface area (Å²) in [6.07, 6.45) is 4.74. The van der Waals surface area contributed by atoms with Gasteiger partial charge in [0.25, 0.3) is 0 Å². The number of hydrogen-bond donors (Lipinski definition) is 0. The Hall–Kier alpha value is -0.820. The summed E-state index contributed by atoms with van der Waals surface area (Å²) < 4.78 is 0. The zero-order valence-electron chi connectivity index (χ0n) is 8.66. The van der Waals surface area contributed by atoms with Crippen LogP contribution in [0.4, 0.5) is 0 Å². The number of carbonyl (C=O) groups is 1. The van der Waals surface area contributed by atoms with Gasteiger partial charge in [0.05, 0.1) is 5.92 Å². The normalized spacial score (nSPS) is 19.0. The third-order valence-electron chi connectivity index (χ3n) is 3.27. The molecule has 0 amide bonds. The maximum Gasteiger partial charge on any atom is 0.229 e. The van der Waals surface area contributed by atoms with Crippen molar-refractivity contribution in [2.24, 2.45) is 5.92 Å². The molecule has 0 N–H and O–H groups in total. The Bertz CT molecular complexity index is 328. The minimum atomic E-state index is -0.201. The van der Waals surface area contributed by atoms with Crippen molar-refractivity contribution in [1.82, 2.24) is 0 Å². The predicted octanol–water partition coefficient (Wildman–Crippen LogP) is 3.73. The summed E-state index contributed by atoms with van der Waals surface area (Å²) in [7, 11) is 0. The second kappa shape index (κ2) is 4.80. The van der Waals surface area contributed by atoms with E-state index in [2.05, 4.69) is 0 Å². The van der Waals surface area contributed by atoms with Crippen LogP contribution in [0.2, 0.25) is 0 Å². The fourth-order valence-electron chi connectivity index (χ4n) is 2.54. The highest BCUT2D eigenvalue weighted by molar-refractivity contribution is 6.64. The van der Waals surface area contributed by atoms with Crippen LogP contribution in [0.25, 0.3) is 0 Å². The zero-order chi connectivity index (χ0) is 10.7. The summed E-state index contributed by atoms with van der Waals surface area (Å²) in [5.41, 5.74) is 1.07. The Morgan fingerprint density at radius 1 is 1.20 bits per heavy atom. The minimum Gasteiger partial charge on any atom is -0.281 e. The van der Waals surface area contributed by atoms with Gasteiger partial charge in [0.2, 0.25) is 5.24 Å². The summed E-state index contributed by atoms with van der Waals surface area (Å²) >= 11 is 5.72. The first-order valence-corrected chi connectivity index (χ1v) is 5.91. The van der Waals surface area contributed by atoms with Crippen molar-refractivity contribution in [3.8, 4) is 0 Å². The first kappa shape index (κ1) is 10.7. The molecule has 1 aromatic carbocycles. The van der Waals surface area contributed by atoms with Crippen LogP contribution in [-0.2, 0) is 4.79 Å². The van der Waals surface area contributed by atoms with Gasteiger partial charge in [-0.25, -0.2) is 0 Å². The largest absolute Gasteiger partial charge is 0.281 e. The van der Waals surface area contributed by atoms with Crippen molar-refractivity contribution < 1.29 is 4.79 Å². The van der Waals surface area contributed by atoms with Crippen LogP contribution in [-0.4, -0.2) is 5.24 Å². The van der Waals surface area contributed by atoms with Gasteiger partial charge in [-0.3, -0.25) is 4.79 Å². The average molecular weight is 223 g/mol. The Morgan fingerprint density at radius 3 is 2.33 bits per heavy atom. The van der Waals surface area contributed by atoms with Crippen LogP contribution >= 0.6 is 11.6 Å². The highest BCUT2D eigenvalue weighted by Crippen LogP contribution is 2.38. The molecule has 0 heterocycles. The smallest absolute Gasteiger partial charge is 0.229 e. The fourth-order valence-corrected chi connectivity index (χ4v) is 2.84. The van der Waals surface area contributed by atoms with Crippen LogP contribution in [0.1, 0.15) is 37.2 Å². The molecule has 0 radical (unpaired) electrons. The molecule has 0 saturated heterocycles. The van der Waals surface area contributed by atoms with E-state index in [1.54, 1.807) is 0 Å². The van der Waals surface area contributed by atoms with Gasteiger partial charge in [0.1, 0.15) is 0 Å². The van der Waals surface area contributed by atoms with Gasteiger partial charge in [-0.2, -0.15) is 0 Å². The van der Waals surface area contributed by atoms with Gasteiger partial charge in [-0.1, -0.05) is 43.2 Å². The molecule has 0 aromatic heterocycles. The van der Waals surface area contributed by atoms with Gasteiger partial charge >= 0.3 is 0 Å². The van der Waals surface area contributed by atoms with Gasteiger partial charge in [-0.05, 0) is 35.9 Å². The molecule has 1 unspecified atom stereocenters. The van der Waals surface area contributed by atoms with Gasteiger partial charge in [0, 0.05) is 0 Å². The molecule has 1 nitrogen and oxygen atoms in total. The SMILES string of the molecule is O=C(Cl)C(c1ccccc1)C1CCCC1. The molecule has 0 spiro atoms. The quantitative estimate of drug-likeness (QED) is 0.713. The molecule has 15 heavy (non-hydrogen) atoms. The number of halogens is 1. The number of carbonyl (C=O) groups excluding carboxylic acids is 1. The molecule has 1 atom stereocenters. The van der Waals surface area contributed by atoms with E-state index in [1.807, 2.05) is 30.3 Å². The van der Waals surface area contributed by atoms with Crippen molar-refractivity contribution >= 4 is 16.8 Å². The van der Waals surface area contributed by atoms with E-state index in [4.69, 9.17) is 11.6 Å². The maximum atomic E-state index is 11.5. The number of benzene rings is 1. The highest BCUT2D eigenvalue weighted by Gasteiger charge is 2.30. The Morgan fingerprint density at radius 2 is 1.80 bits per heavy atom. The van der Waals surface area contributed by atoms with E-state index in [0.29, 0.717) is 5.92 Å². The molecular weight excluding hydrogens is 208 g/mol. The zero-order valence-corrected chi connectivity index (χ0v) is 9.41. The van der Waals surface area contributed by atoms with Crippen LogP contribution in [0.5, 0.6) is 0 Å². The first-order chi connectivity index (χ1) is 7.29. The lowest BCUT2D eigenvalue weighted by molar-refractivity contribution is -0.114. The molecule has 80 valence electrons. The first-order valence-electron chi connectivity index (χ1n) is 5.53. The topological polar surface area (TPSA) is 17.1 Å². The second-order valence-corrected chi connectivity index (χ2v) is 4.61. The summed E-state index contributed by atoms with van der Waals surface area (Å²) in [5.74, 6) is 0.368. The monoisotopic (exact) mass is 222 g/mol. The van der Waals surface area contributed by atoms with Crippen LogP contribution < -0.4 is 0 Å². The maximum absolute atomic E-state index is 11.5. The third-order valence-corrected chi connectivity index (χ3v) is 3.51. The predicted molar refractivity (Wildman–Crippen MR) is 62.0 cm³/mol. The molecule has 1 aromatic rings. The summed E-state index contributed by atoms with van der Waals surface area (Å²) in [4.78, 5) is 11.5. The number of rotatable bonds is 3. The van der Waals surface area contributed by atoms with Crippen molar-refractivity contribution in [1.29, 1.82) is 0 Å². The molecule has 1 aliphatic carbocycles. The number of hydrogen-bond acceptors (Lipinski definition) is 1. The Balaban J connectivity index is 2.23. The molecular formula is C13H15ClO. The van der Waals surface area contributed by atoms with Crippen molar-refractivity contribution in [3.05, 3.63) is 35.9 Å². The molecule has 2 heteroatoms. The van der Waals surface area contributed by atoms with E-state index in [9.17, 15) is 4.79 Å².